The molecule has 1 aromatic carbocycles. The van der Waals surface area contributed by atoms with Crippen molar-refractivity contribution in [3.05, 3.63) is 34.5 Å². The molecule has 1 aromatic heterocycles. The molecule has 2 heteroatoms. The number of benzene rings is 1. The molecule has 0 aliphatic rings. The molecule has 2 rings (SSSR count). The third kappa shape index (κ3) is 1.96. The highest BCUT2D eigenvalue weighted by molar-refractivity contribution is 5.94. The summed E-state index contributed by atoms with van der Waals surface area (Å²) in [6, 6.07) is 4.32. The number of nitrogens with two attached hydrogens (primary N) is 1. The van der Waals surface area contributed by atoms with Crippen LogP contribution in [0.2, 0.25) is 0 Å². The highest BCUT2D eigenvalue weighted by Gasteiger charge is 2.19. The Morgan fingerprint density at radius 1 is 1.11 bits per heavy atom. The second-order valence-corrected chi connectivity index (χ2v) is 5.05. The number of H-pyrrole nitrogens is 1. The van der Waals surface area contributed by atoms with Crippen LogP contribution in [0.15, 0.2) is 12.1 Å². The van der Waals surface area contributed by atoms with Gasteiger partial charge in [-0.2, -0.15) is 0 Å². The number of aromatic nitrogens is 1. The van der Waals surface area contributed by atoms with E-state index in [1.54, 1.807) is 0 Å². The normalized spacial score (nSPS) is 11.1. The van der Waals surface area contributed by atoms with Crippen LogP contribution in [0.4, 0.5) is 5.69 Å². The van der Waals surface area contributed by atoms with Crippen molar-refractivity contribution in [2.24, 2.45) is 0 Å². The second kappa shape index (κ2) is 4.97. The van der Waals surface area contributed by atoms with Crippen molar-refractivity contribution in [2.75, 3.05) is 5.73 Å². The lowest BCUT2D eigenvalue weighted by Gasteiger charge is -2.11. The van der Waals surface area contributed by atoms with Crippen molar-refractivity contribution in [3.8, 4) is 0 Å². The number of anilines is 1. The summed E-state index contributed by atoms with van der Waals surface area (Å²) >= 11 is 0. The molecule has 18 heavy (non-hydrogen) atoms. The van der Waals surface area contributed by atoms with Gasteiger partial charge in [0, 0.05) is 17.5 Å². The van der Waals surface area contributed by atoms with E-state index in [1.807, 2.05) is 0 Å². The highest BCUT2D eigenvalue weighted by atomic mass is 14.7. The Morgan fingerprint density at radius 2 is 1.78 bits per heavy atom. The predicted octanol–water partition coefficient (Wildman–Crippen LogP) is 3.37. The van der Waals surface area contributed by atoms with Crippen LogP contribution >= 0.6 is 0 Å². The Balaban J connectivity index is 2.86. The first kappa shape index (κ1) is 12.9. The van der Waals surface area contributed by atoms with Crippen molar-refractivity contribution in [1.29, 1.82) is 0 Å². The summed E-state index contributed by atoms with van der Waals surface area (Å²) in [6.45, 7) is 8.65. The molecule has 0 radical (unpaired) electrons. The molecule has 0 amide bonds. The van der Waals surface area contributed by atoms with Crippen LogP contribution in [0.3, 0.4) is 0 Å². The van der Waals surface area contributed by atoms with Gasteiger partial charge in [0.1, 0.15) is 0 Å². The van der Waals surface area contributed by atoms with Gasteiger partial charge in [0.2, 0.25) is 5.52 Å². The molecule has 0 bridgehead atoms. The standard InChI is InChI=1S/C16H22N2/c1-5-7-13-12(6-2)15(17)14-10(3)8-9-11(4)16(14)18-13/h8-9H,5-7H2,1-4H3,(H2,17,18)/p+1. The number of fused-ring (bicyclic) bond motifs is 1. The number of pyridine rings is 1. The number of hydrogen-bond donors (Lipinski definition) is 1. The zero-order valence-electron chi connectivity index (χ0n) is 11.9. The summed E-state index contributed by atoms with van der Waals surface area (Å²) in [5, 5.41) is 1.20. The summed E-state index contributed by atoms with van der Waals surface area (Å²) < 4.78 is 0. The van der Waals surface area contributed by atoms with Gasteiger partial charge >= 0.3 is 0 Å². The van der Waals surface area contributed by atoms with E-state index in [1.165, 1.54) is 33.3 Å². The van der Waals surface area contributed by atoms with E-state index >= 15 is 0 Å². The molecule has 0 saturated heterocycles. The molecular formula is C16H23N2+. The van der Waals surface area contributed by atoms with E-state index in [2.05, 4.69) is 44.8 Å². The van der Waals surface area contributed by atoms with Gasteiger partial charge in [0.05, 0.1) is 11.1 Å². The van der Waals surface area contributed by atoms with Crippen molar-refractivity contribution >= 4 is 16.6 Å². The summed E-state index contributed by atoms with van der Waals surface area (Å²) in [5.74, 6) is 0. The highest BCUT2D eigenvalue weighted by Crippen LogP contribution is 2.29. The average molecular weight is 243 g/mol. The van der Waals surface area contributed by atoms with Crippen LogP contribution in [-0.4, -0.2) is 0 Å². The molecule has 2 nitrogen and oxygen atoms in total. The minimum absolute atomic E-state index is 0.968. The topological polar surface area (TPSA) is 40.2 Å². The third-order valence-corrected chi connectivity index (χ3v) is 3.71. The lowest BCUT2D eigenvalue weighted by atomic mass is 9.97. The van der Waals surface area contributed by atoms with Crippen molar-refractivity contribution < 1.29 is 4.98 Å². The van der Waals surface area contributed by atoms with Gasteiger partial charge in [-0.15, -0.1) is 0 Å². The molecular weight excluding hydrogens is 220 g/mol. The summed E-state index contributed by atoms with van der Waals surface area (Å²) in [4.78, 5) is 3.62. The van der Waals surface area contributed by atoms with Gasteiger partial charge in [-0.3, -0.25) is 0 Å². The van der Waals surface area contributed by atoms with Crippen LogP contribution < -0.4 is 10.7 Å². The van der Waals surface area contributed by atoms with Crippen LogP contribution in [0.5, 0.6) is 0 Å². The van der Waals surface area contributed by atoms with E-state index < -0.39 is 0 Å². The molecule has 0 aliphatic carbocycles. The minimum Gasteiger partial charge on any atom is -0.398 e. The summed E-state index contributed by atoms with van der Waals surface area (Å²) in [7, 11) is 0. The fourth-order valence-corrected chi connectivity index (χ4v) is 2.73. The van der Waals surface area contributed by atoms with Crippen molar-refractivity contribution in [1.82, 2.24) is 0 Å². The van der Waals surface area contributed by atoms with Gasteiger partial charge in [-0.05, 0) is 32.3 Å². The first-order valence-corrected chi connectivity index (χ1v) is 6.82. The second-order valence-electron chi connectivity index (χ2n) is 5.05. The minimum atomic E-state index is 0.968. The number of nitrogen functional groups attached to an aromatic ring is 1. The number of nitrogens with one attached hydrogen (secondary N) is 1. The van der Waals surface area contributed by atoms with Crippen LogP contribution in [0.1, 0.15) is 42.7 Å². The zero-order chi connectivity index (χ0) is 13.3. The third-order valence-electron chi connectivity index (χ3n) is 3.71. The Kier molecular flexibility index (Phi) is 3.55. The van der Waals surface area contributed by atoms with E-state index in [-0.39, 0.29) is 0 Å². The van der Waals surface area contributed by atoms with Crippen LogP contribution in [0, 0.1) is 13.8 Å². The lowest BCUT2D eigenvalue weighted by Crippen LogP contribution is -2.19. The van der Waals surface area contributed by atoms with E-state index in [4.69, 9.17) is 5.73 Å². The zero-order valence-corrected chi connectivity index (χ0v) is 11.9. The Bertz CT molecular complexity index is 585. The van der Waals surface area contributed by atoms with Crippen LogP contribution in [-0.2, 0) is 12.8 Å². The van der Waals surface area contributed by atoms with Crippen LogP contribution in [0.25, 0.3) is 10.9 Å². The molecule has 0 saturated carbocycles. The summed E-state index contributed by atoms with van der Waals surface area (Å²) in [6.07, 6.45) is 3.19. The lowest BCUT2D eigenvalue weighted by molar-refractivity contribution is -0.358. The van der Waals surface area contributed by atoms with Gasteiger partial charge in [0.15, 0.2) is 5.69 Å². The Morgan fingerprint density at radius 3 is 2.39 bits per heavy atom. The first-order valence-electron chi connectivity index (χ1n) is 6.82. The van der Waals surface area contributed by atoms with E-state index in [0.29, 0.717) is 0 Å². The van der Waals surface area contributed by atoms with Gasteiger partial charge < -0.3 is 5.73 Å². The molecule has 1 heterocycles. The number of aromatic amines is 1. The quantitative estimate of drug-likeness (QED) is 0.882. The molecule has 0 fully saturated rings. The monoisotopic (exact) mass is 243 g/mol. The van der Waals surface area contributed by atoms with Gasteiger partial charge in [0.25, 0.3) is 0 Å². The first-order chi connectivity index (χ1) is 8.60. The SMILES string of the molecule is CCCc1[nH+]c2c(C)ccc(C)c2c(N)c1CC. The molecule has 0 aliphatic heterocycles. The Labute approximate surface area is 109 Å². The van der Waals surface area contributed by atoms with Crippen molar-refractivity contribution in [3.63, 3.8) is 0 Å². The molecule has 0 atom stereocenters. The largest absolute Gasteiger partial charge is 0.398 e. The maximum atomic E-state index is 6.41. The summed E-state index contributed by atoms with van der Waals surface area (Å²) in [5.41, 5.74) is 13.7. The van der Waals surface area contributed by atoms with Gasteiger partial charge in [-0.25, -0.2) is 4.98 Å². The smallest absolute Gasteiger partial charge is 0.216 e. The van der Waals surface area contributed by atoms with E-state index in [9.17, 15) is 0 Å². The van der Waals surface area contributed by atoms with Gasteiger partial charge in [-0.1, -0.05) is 26.0 Å². The number of hydrogen-bond acceptors (Lipinski definition) is 1. The number of rotatable bonds is 3. The maximum absolute atomic E-state index is 6.41. The fourth-order valence-electron chi connectivity index (χ4n) is 2.73. The molecule has 2 aromatic rings. The predicted molar refractivity (Wildman–Crippen MR) is 77.8 cm³/mol. The Hall–Kier alpha value is -1.57. The molecule has 0 spiro atoms. The van der Waals surface area contributed by atoms with Crippen molar-refractivity contribution in [2.45, 2.75) is 47.0 Å². The average Bonchev–Trinajstić information content (AvgIpc) is 2.34. The fraction of sp³-hybridized carbons (Fsp3) is 0.438. The van der Waals surface area contributed by atoms with E-state index in [0.717, 1.165) is 24.9 Å². The molecule has 3 N–H and O–H groups in total. The maximum Gasteiger partial charge on any atom is 0.216 e. The molecule has 96 valence electrons. The number of aryl methyl sites for hydroxylation is 3. The molecule has 0 unspecified atom stereocenters.